The van der Waals surface area contributed by atoms with Crippen LogP contribution in [0.3, 0.4) is 0 Å². The largest absolute Gasteiger partial charge is 0.366 e. The molecule has 1 heterocycles. The summed E-state index contributed by atoms with van der Waals surface area (Å²) in [5, 5.41) is 0. The van der Waals surface area contributed by atoms with Crippen molar-refractivity contribution in [2.45, 2.75) is 84.1 Å². The Bertz CT molecular complexity index is 1050. The second-order valence-corrected chi connectivity index (χ2v) is 9.56. The summed E-state index contributed by atoms with van der Waals surface area (Å²) in [6.45, 7) is 4.34. The molecule has 4 rings (SSSR count). The first-order chi connectivity index (χ1) is 16.1. The van der Waals surface area contributed by atoms with E-state index < -0.39 is 0 Å². The highest BCUT2D eigenvalue weighted by atomic mass is 16.1. The first-order valence-electron chi connectivity index (χ1n) is 12.8. The summed E-state index contributed by atoms with van der Waals surface area (Å²) in [6, 6.07) is 19.6. The highest BCUT2D eigenvalue weighted by molar-refractivity contribution is 6.02. The van der Waals surface area contributed by atoms with Crippen LogP contribution in [0.25, 0.3) is 22.3 Å². The van der Waals surface area contributed by atoms with E-state index in [1.165, 1.54) is 61.8 Å². The summed E-state index contributed by atoms with van der Waals surface area (Å²) >= 11 is 0. The van der Waals surface area contributed by atoms with Crippen molar-refractivity contribution in [2.75, 3.05) is 0 Å². The van der Waals surface area contributed by atoms with Gasteiger partial charge in [-0.1, -0.05) is 100 Å². The summed E-state index contributed by atoms with van der Waals surface area (Å²) in [7, 11) is 0. The molecule has 2 N–H and O–H groups in total. The maximum atomic E-state index is 12.8. The van der Waals surface area contributed by atoms with E-state index in [9.17, 15) is 4.79 Å². The fourth-order valence-corrected chi connectivity index (χ4v) is 5.62. The molecule has 1 aromatic heterocycles. The van der Waals surface area contributed by atoms with E-state index >= 15 is 0 Å². The normalized spacial score (nSPS) is 15.2. The lowest BCUT2D eigenvalue weighted by atomic mass is 9.94. The van der Waals surface area contributed by atoms with E-state index in [0.717, 1.165) is 41.6 Å². The topological polar surface area (TPSA) is 48.0 Å². The minimum atomic E-state index is -0.308. The first kappa shape index (κ1) is 23.4. The summed E-state index contributed by atoms with van der Waals surface area (Å²) < 4.78 is 2.52. The molecule has 3 nitrogen and oxygen atoms in total. The molecule has 0 aliphatic heterocycles. The molecule has 3 heteroatoms. The molecule has 0 bridgehead atoms. The molecule has 2 aromatic carbocycles. The zero-order chi connectivity index (χ0) is 23.2. The molecule has 0 spiro atoms. The van der Waals surface area contributed by atoms with Gasteiger partial charge >= 0.3 is 0 Å². The lowest BCUT2D eigenvalue weighted by molar-refractivity contribution is 0.1000. The van der Waals surface area contributed by atoms with Crippen LogP contribution in [-0.4, -0.2) is 10.5 Å². The Kier molecular flexibility index (Phi) is 7.69. The van der Waals surface area contributed by atoms with Gasteiger partial charge in [-0.15, -0.1) is 0 Å². The third-order valence-corrected chi connectivity index (χ3v) is 7.29. The highest BCUT2D eigenvalue weighted by Crippen LogP contribution is 2.39. The van der Waals surface area contributed by atoms with Crippen molar-refractivity contribution >= 4 is 5.91 Å². The Morgan fingerprint density at radius 3 is 2.06 bits per heavy atom. The number of primary amides is 1. The number of aromatic nitrogens is 1. The molecule has 1 aliphatic carbocycles. The molecule has 0 unspecified atom stereocenters. The number of carbonyl (C=O) groups excluding carboxylic acids is 1. The van der Waals surface area contributed by atoms with Gasteiger partial charge < -0.3 is 10.3 Å². The molecule has 3 aromatic rings. The van der Waals surface area contributed by atoms with Crippen molar-refractivity contribution in [1.82, 2.24) is 4.57 Å². The van der Waals surface area contributed by atoms with Gasteiger partial charge in [-0.05, 0) is 49.3 Å². The van der Waals surface area contributed by atoms with Crippen LogP contribution in [0.4, 0.5) is 0 Å². The third-order valence-electron chi connectivity index (χ3n) is 7.29. The Hall–Kier alpha value is -2.81. The second kappa shape index (κ2) is 10.9. The smallest absolute Gasteiger partial charge is 0.251 e. The van der Waals surface area contributed by atoms with Crippen molar-refractivity contribution < 1.29 is 4.79 Å². The molecule has 1 fully saturated rings. The number of nitrogens with zero attached hydrogens (tertiary/aromatic N) is 1. The molecule has 0 atom stereocenters. The van der Waals surface area contributed by atoms with Crippen molar-refractivity contribution in [3.63, 3.8) is 0 Å². The number of amides is 1. The molecular formula is C30H38N2O. The number of carbonyl (C=O) groups is 1. The lowest BCUT2D eigenvalue weighted by Crippen LogP contribution is -2.17. The number of unbranched alkanes of at least 4 members (excludes halogenated alkanes) is 1. The summed E-state index contributed by atoms with van der Waals surface area (Å²) in [5.41, 5.74) is 13.7. The average molecular weight is 443 g/mol. The number of benzene rings is 2. The second-order valence-electron chi connectivity index (χ2n) is 9.56. The van der Waals surface area contributed by atoms with Crippen LogP contribution in [-0.2, 0) is 6.42 Å². The van der Waals surface area contributed by atoms with Crippen LogP contribution in [0.1, 0.15) is 92.5 Å². The minimum Gasteiger partial charge on any atom is -0.366 e. The van der Waals surface area contributed by atoms with E-state index in [-0.39, 0.29) is 5.91 Å². The van der Waals surface area contributed by atoms with Gasteiger partial charge in [0.15, 0.2) is 0 Å². The monoisotopic (exact) mass is 442 g/mol. The quantitative estimate of drug-likeness (QED) is 0.398. The van der Waals surface area contributed by atoms with Gasteiger partial charge in [0.2, 0.25) is 0 Å². The number of nitrogens with two attached hydrogens (primary N) is 1. The maximum Gasteiger partial charge on any atom is 0.251 e. The Labute approximate surface area is 199 Å². The fraction of sp³-hybridized carbons (Fsp3) is 0.433. The van der Waals surface area contributed by atoms with Crippen LogP contribution >= 0.6 is 0 Å². The Morgan fingerprint density at radius 1 is 0.879 bits per heavy atom. The zero-order valence-electron chi connectivity index (χ0n) is 20.3. The van der Waals surface area contributed by atoms with Gasteiger partial charge in [0, 0.05) is 23.0 Å². The van der Waals surface area contributed by atoms with Crippen molar-refractivity contribution in [3.05, 3.63) is 71.5 Å². The van der Waals surface area contributed by atoms with Gasteiger partial charge in [0.1, 0.15) is 0 Å². The van der Waals surface area contributed by atoms with Crippen molar-refractivity contribution in [3.8, 4) is 22.3 Å². The molecule has 33 heavy (non-hydrogen) atoms. The molecular weight excluding hydrogens is 404 g/mol. The van der Waals surface area contributed by atoms with E-state index in [2.05, 4.69) is 66.9 Å². The predicted molar refractivity (Wildman–Crippen MR) is 139 cm³/mol. The highest BCUT2D eigenvalue weighted by Gasteiger charge is 2.28. The number of hydrogen-bond acceptors (Lipinski definition) is 1. The maximum absolute atomic E-state index is 12.8. The molecule has 0 radical (unpaired) electrons. The van der Waals surface area contributed by atoms with Crippen LogP contribution in [0, 0.1) is 6.92 Å². The molecule has 1 aliphatic rings. The number of rotatable bonds is 7. The van der Waals surface area contributed by atoms with E-state index in [4.69, 9.17) is 5.73 Å². The molecule has 0 saturated heterocycles. The fourth-order valence-electron chi connectivity index (χ4n) is 5.62. The summed E-state index contributed by atoms with van der Waals surface area (Å²) in [5.74, 6) is -0.308. The summed E-state index contributed by atoms with van der Waals surface area (Å²) in [6.07, 6.45) is 12.1. The third kappa shape index (κ3) is 5.08. The van der Waals surface area contributed by atoms with Crippen LogP contribution in [0.2, 0.25) is 0 Å². The zero-order valence-corrected chi connectivity index (χ0v) is 20.3. The van der Waals surface area contributed by atoms with Crippen LogP contribution in [0.15, 0.2) is 54.6 Å². The van der Waals surface area contributed by atoms with Gasteiger partial charge in [-0.25, -0.2) is 0 Å². The number of hydrogen-bond donors (Lipinski definition) is 1. The first-order valence-corrected chi connectivity index (χ1v) is 12.8. The van der Waals surface area contributed by atoms with Crippen molar-refractivity contribution in [2.24, 2.45) is 5.73 Å². The van der Waals surface area contributed by atoms with Gasteiger partial charge in [-0.2, -0.15) is 0 Å². The Balaban J connectivity index is 1.82. The molecule has 174 valence electrons. The standard InChI is InChI=1S/C30H38N2O/c1-3-4-17-27-29(25-20-18-24(19-21-25)23-13-9-8-10-14-23)28(30(31)33)22(2)32(27)26-15-11-6-5-7-12-16-26/h8-10,13-14,18-21,26H,3-7,11-12,15-17H2,1-2H3,(H2,31,33). The molecule has 1 saturated carbocycles. The van der Waals surface area contributed by atoms with E-state index in [1.54, 1.807) is 0 Å². The van der Waals surface area contributed by atoms with E-state index in [1.807, 2.05) is 6.07 Å². The predicted octanol–water partition coefficient (Wildman–Crippen LogP) is 7.86. The Morgan fingerprint density at radius 2 is 1.45 bits per heavy atom. The summed E-state index contributed by atoms with van der Waals surface area (Å²) in [4.78, 5) is 12.8. The minimum absolute atomic E-state index is 0.308. The SMILES string of the molecule is CCCCc1c(-c2ccc(-c3ccccc3)cc2)c(C(N)=O)c(C)n1C1CCCCCCC1. The van der Waals surface area contributed by atoms with Gasteiger partial charge in [0.05, 0.1) is 5.56 Å². The van der Waals surface area contributed by atoms with Crippen molar-refractivity contribution in [1.29, 1.82) is 0 Å². The average Bonchev–Trinajstić information content (AvgIpc) is 3.10. The van der Waals surface area contributed by atoms with Crippen LogP contribution < -0.4 is 5.73 Å². The molecule has 1 amide bonds. The van der Waals surface area contributed by atoms with Gasteiger partial charge in [0.25, 0.3) is 5.91 Å². The van der Waals surface area contributed by atoms with E-state index in [0.29, 0.717) is 6.04 Å². The van der Waals surface area contributed by atoms with Crippen LogP contribution in [0.5, 0.6) is 0 Å². The lowest BCUT2D eigenvalue weighted by Gasteiger charge is -2.26. The van der Waals surface area contributed by atoms with Gasteiger partial charge in [-0.3, -0.25) is 4.79 Å².